The van der Waals surface area contributed by atoms with E-state index in [1.54, 1.807) is 0 Å². The summed E-state index contributed by atoms with van der Waals surface area (Å²) in [6.07, 6.45) is -4.55. The van der Waals surface area contributed by atoms with Gasteiger partial charge >= 0.3 is 6.18 Å². The fraction of sp³-hybridized carbons (Fsp3) is 0.300. The summed E-state index contributed by atoms with van der Waals surface area (Å²) >= 11 is 9.03. The van der Waals surface area contributed by atoms with Crippen LogP contribution >= 0.6 is 47.8 Å². The minimum atomic E-state index is -4.55. The number of Topliss-reactive ketones (excluding diaryl/α,β-unsaturated/α-hetero) is 1. The Balaban J connectivity index is 3.29. The molecule has 0 aromatic heterocycles. The molecule has 94 valence electrons. The number of alkyl halides is 5. The predicted octanol–water partition coefficient (Wildman–Crippen LogP) is 4.81. The van der Waals surface area contributed by atoms with Crippen molar-refractivity contribution in [2.24, 2.45) is 0 Å². The van der Waals surface area contributed by atoms with Crippen molar-refractivity contribution in [3.63, 3.8) is 0 Å². The van der Waals surface area contributed by atoms with E-state index in [0.29, 0.717) is 0 Å². The molecule has 0 aliphatic carbocycles. The Morgan fingerprint density at radius 2 is 1.94 bits per heavy atom. The van der Waals surface area contributed by atoms with Gasteiger partial charge in [-0.1, -0.05) is 47.8 Å². The van der Waals surface area contributed by atoms with Crippen LogP contribution in [0.2, 0.25) is 0 Å². The number of benzene rings is 1. The summed E-state index contributed by atoms with van der Waals surface area (Å²) in [7, 11) is 0. The van der Waals surface area contributed by atoms with Gasteiger partial charge in [-0.3, -0.25) is 4.79 Å². The quantitative estimate of drug-likeness (QED) is 0.489. The number of halogens is 6. The molecule has 0 aliphatic rings. The van der Waals surface area contributed by atoms with Crippen LogP contribution in [-0.2, 0) is 6.18 Å². The third-order valence-corrected chi connectivity index (χ3v) is 4.72. The summed E-state index contributed by atoms with van der Waals surface area (Å²) in [5.74, 6) is -0.596. The summed E-state index contributed by atoms with van der Waals surface area (Å²) in [6, 6.07) is 3.49. The van der Waals surface area contributed by atoms with E-state index in [0.717, 1.165) is 6.07 Å². The molecule has 17 heavy (non-hydrogen) atoms. The molecule has 0 saturated carbocycles. The first kappa shape index (κ1) is 15.2. The number of hydrogen-bond acceptors (Lipinski definition) is 1. The van der Waals surface area contributed by atoms with E-state index in [1.165, 1.54) is 12.1 Å². The van der Waals surface area contributed by atoms with E-state index in [9.17, 15) is 18.0 Å². The van der Waals surface area contributed by atoms with Gasteiger partial charge in [0.05, 0.1) is 10.4 Å². The fourth-order valence-electron chi connectivity index (χ4n) is 1.20. The van der Waals surface area contributed by atoms with E-state index in [2.05, 4.69) is 47.8 Å². The van der Waals surface area contributed by atoms with Gasteiger partial charge in [-0.25, -0.2) is 0 Å². The SMILES string of the molecule is O=C(c1ccc(Br)cc1C(F)(F)F)C(Br)CBr. The van der Waals surface area contributed by atoms with Gasteiger partial charge in [0.15, 0.2) is 5.78 Å². The Morgan fingerprint density at radius 1 is 1.35 bits per heavy atom. The Bertz CT molecular complexity index is 431. The molecule has 1 aromatic rings. The molecule has 1 unspecified atom stereocenters. The molecule has 1 nitrogen and oxygen atoms in total. The second-order valence-electron chi connectivity index (χ2n) is 3.17. The van der Waals surface area contributed by atoms with Gasteiger partial charge in [0.2, 0.25) is 0 Å². The van der Waals surface area contributed by atoms with Crippen LogP contribution in [0.3, 0.4) is 0 Å². The zero-order chi connectivity index (χ0) is 13.2. The molecule has 0 aliphatic heterocycles. The van der Waals surface area contributed by atoms with Gasteiger partial charge in [-0.2, -0.15) is 13.2 Å². The van der Waals surface area contributed by atoms with Crippen LogP contribution in [0.15, 0.2) is 22.7 Å². The molecular formula is C10H6Br3F3O. The summed E-state index contributed by atoms with van der Waals surface area (Å²) in [5.41, 5.74) is -1.26. The molecule has 0 heterocycles. The van der Waals surface area contributed by atoms with Gasteiger partial charge in [0.25, 0.3) is 0 Å². The number of carbonyl (C=O) groups is 1. The number of rotatable bonds is 3. The van der Waals surface area contributed by atoms with E-state index in [4.69, 9.17) is 0 Å². The van der Waals surface area contributed by atoms with Gasteiger partial charge in [0.1, 0.15) is 0 Å². The molecule has 1 atom stereocenters. The Hall–Kier alpha value is 0.120. The smallest absolute Gasteiger partial charge is 0.293 e. The van der Waals surface area contributed by atoms with Crippen LogP contribution < -0.4 is 0 Å². The van der Waals surface area contributed by atoms with Crippen LogP contribution in [0.5, 0.6) is 0 Å². The van der Waals surface area contributed by atoms with E-state index in [1.807, 2.05) is 0 Å². The topological polar surface area (TPSA) is 17.1 Å². The van der Waals surface area contributed by atoms with Crippen molar-refractivity contribution in [3.8, 4) is 0 Å². The average molecular weight is 439 g/mol. The molecule has 0 bridgehead atoms. The first-order valence-corrected chi connectivity index (χ1v) is 7.21. The standard InChI is InChI=1S/C10H6Br3F3O/c11-4-8(13)9(17)6-2-1-5(12)3-7(6)10(14,15)16/h1-3,8H,4H2. The van der Waals surface area contributed by atoms with Crippen molar-refractivity contribution in [2.75, 3.05) is 5.33 Å². The fourth-order valence-corrected chi connectivity index (χ4v) is 2.11. The number of ketones is 1. The zero-order valence-electron chi connectivity index (χ0n) is 8.19. The maximum absolute atomic E-state index is 12.8. The molecule has 0 N–H and O–H groups in total. The molecule has 0 radical (unpaired) electrons. The van der Waals surface area contributed by atoms with Crippen LogP contribution in [0.1, 0.15) is 15.9 Å². The van der Waals surface area contributed by atoms with E-state index in [-0.39, 0.29) is 15.4 Å². The van der Waals surface area contributed by atoms with Crippen molar-refractivity contribution in [1.29, 1.82) is 0 Å². The highest BCUT2D eigenvalue weighted by Gasteiger charge is 2.36. The lowest BCUT2D eigenvalue weighted by Gasteiger charge is -2.14. The average Bonchev–Trinajstić information content (AvgIpc) is 2.25. The molecule has 7 heteroatoms. The second-order valence-corrected chi connectivity index (χ2v) is 5.84. The lowest BCUT2D eigenvalue weighted by Crippen LogP contribution is -2.20. The Labute approximate surface area is 121 Å². The van der Waals surface area contributed by atoms with Crippen molar-refractivity contribution in [3.05, 3.63) is 33.8 Å². The lowest BCUT2D eigenvalue weighted by molar-refractivity contribution is -0.137. The third-order valence-electron chi connectivity index (χ3n) is 1.97. The largest absolute Gasteiger partial charge is 0.417 e. The monoisotopic (exact) mass is 436 g/mol. The van der Waals surface area contributed by atoms with Gasteiger partial charge in [-0.15, -0.1) is 0 Å². The number of carbonyl (C=O) groups excluding carboxylic acids is 1. The van der Waals surface area contributed by atoms with E-state index >= 15 is 0 Å². The third kappa shape index (κ3) is 3.79. The van der Waals surface area contributed by atoms with Crippen molar-refractivity contribution in [2.45, 2.75) is 11.0 Å². The van der Waals surface area contributed by atoms with Crippen LogP contribution in [0.25, 0.3) is 0 Å². The molecule has 0 fully saturated rings. The summed E-state index contributed by atoms with van der Waals surface area (Å²) in [5, 5.41) is 0.249. The van der Waals surface area contributed by atoms with Gasteiger partial charge in [0, 0.05) is 15.4 Å². The minimum Gasteiger partial charge on any atom is -0.293 e. The first-order chi connectivity index (χ1) is 7.77. The first-order valence-electron chi connectivity index (χ1n) is 4.38. The summed E-state index contributed by atoms with van der Waals surface area (Å²) in [6.45, 7) is 0. The highest BCUT2D eigenvalue weighted by Crippen LogP contribution is 2.34. The maximum Gasteiger partial charge on any atom is 0.417 e. The lowest BCUT2D eigenvalue weighted by atomic mass is 10.0. The van der Waals surface area contributed by atoms with Crippen molar-refractivity contribution < 1.29 is 18.0 Å². The predicted molar refractivity (Wildman–Crippen MR) is 70.0 cm³/mol. The summed E-state index contributed by atoms with van der Waals surface area (Å²) in [4.78, 5) is 11.1. The molecule has 1 aromatic carbocycles. The van der Waals surface area contributed by atoms with Crippen LogP contribution in [0.4, 0.5) is 13.2 Å². The minimum absolute atomic E-state index is 0.249. The Kier molecular flexibility index (Phi) is 5.21. The highest BCUT2D eigenvalue weighted by molar-refractivity contribution is 9.12. The van der Waals surface area contributed by atoms with Gasteiger partial charge < -0.3 is 0 Å². The maximum atomic E-state index is 12.8. The van der Waals surface area contributed by atoms with Crippen LogP contribution in [0, 0.1) is 0 Å². The normalized spacial score (nSPS) is 13.5. The Morgan fingerprint density at radius 3 is 2.41 bits per heavy atom. The molecule has 0 amide bonds. The summed E-state index contributed by atoms with van der Waals surface area (Å²) < 4.78 is 38.6. The van der Waals surface area contributed by atoms with Crippen molar-refractivity contribution >= 4 is 53.6 Å². The van der Waals surface area contributed by atoms with Crippen molar-refractivity contribution in [1.82, 2.24) is 0 Å². The van der Waals surface area contributed by atoms with E-state index < -0.39 is 22.4 Å². The molecular weight excluding hydrogens is 433 g/mol. The van der Waals surface area contributed by atoms with Crippen LogP contribution in [-0.4, -0.2) is 15.9 Å². The number of hydrogen-bond donors (Lipinski definition) is 0. The second kappa shape index (κ2) is 5.84. The highest BCUT2D eigenvalue weighted by atomic mass is 79.9. The van der Waals surface area contributed by atoms with Gasteiger partial charge in [-0.05, 0) is 18.2 Å². The molecule has 0 saturated heterocycles. The molecule has 1 rings (SSSR count). The molecule has 0 spiro atoms. The zero-order valence-corrected chi connectivity index (χ0v) is 13.0.